The van der Waals surface area contributed by atoms with Crippen LogP contribution in [0.2, 0.25) is 0 Å². The molecule has 1 saturated carbocycles. The monoisotopic (exact) mass is 341 g/mol. The lowest BCUT2D eigenvalue weighted by molar-refractivity contribution is -0.0328. The molecule has 3 N–H and O–H groups in total. The van der Waals surface area contributed by atoms with Crippen LogP contribution in [-0.4, -0.2) is 10.6 Å². The van der Waals surface area contributed by atoms with Gasteiger partial charge in [-0.2, -0.15) is 13.2 Å². The lowest BCUT2D eigenvalue weighted by Crippen LogP contribution is -2.23. The SMILES string of the molecule is Cl.N[C@@H](c1cc(SC(F)(F)F)ccc1O)C1CCCCC1. The zero-order valence-electron chi connectivity index (χ0n) is 11.4. The number of phenols is 1. The van der Waals surface area contributed by atoms with E-state index < -0.39 is 11.6 Å². The summed E-state index contributed by atoms with van der Waals surface area (Å²) in [6.07, 6.45) is 5.31. The second kappa shape index (κ2) is 7.61. The molecule has 0 spiro atoms. The van der Waals surface area contributed by atoms with Crippen LogP contribution in [0, 0.1) is 5.92 Å². The molecule has 0 unspecified atom stereocenters. The molecule has 0 amide bonds. The molecule has 0 saturated heterocycles. The van der Waals surface area contributed by atoms with E-state index in [0.29, 0.717) is 5.56 Å². The lowest BCUT2D eigenvalue weighted by Gasteiger charge is -2.28. The van der Waals surface area contributed by atoms with Crippen LogP contribution >= 0.6 is 24.2 Å². The van der Waals surface area contributed by atoms with Crippen LogP contribution in [-0.2, 0) is 0 Å². The second-order valence-electron chi connectivity index (χ2n) is 5.19. The zero-order valence-corrected chi connectivity index (χ0v) is 13.0. The Morgan fingerprint density at radius 2 is 1.81 bits per heavy atom. The third-order valence-corrected chi connectivity index (χ3v) is 4.47. The first-order valence-corrected chi connectivity index (χ1v) is 7.53. The van der Waals surface area contributed by atoms with Crippen molar-refractivity contribution in [2.75, 3.05) is 0 Å². The van der Waals surface area contributed by atoms with Gasteiger partial charge in [-0.05, 0) is 48.7 Å². The van der Waals surface area contributed by atoms with Crippen LogP contribution in [0.3, 0.4) is 0 Å². The lowest BCUT2D eigenvalue weighted by atomic mass is 9.81. The van der Waals surface area contributed by atoms with Gasteiger partial charge in [0, 0.05) is 16.5 Å². The standard InChI is InChI=1S/C14H18F3NOS.ClH/c15-14(16,17)20-10-6-7-12(19)11(8-10)13(18)9-4-2-1-3-5-9;/h6-9,13,19H,1-5,18H2;1H/t13-;/m1./s1. The molecule has 2 nitrogen and oxygen atoms in total. The number of benzene rings is 1. The second-order valence-corrected chi connectivity index (χ2v) is 6.33. The van der Waals surface area contributed by atoms with Crippen molar-refractivity contribution < 1.29 is 18.3 Å². The first-order chi connectivity index (χ1) is 9.37. The Kier molecular flexibility index (Phi) is 6.69. The highest BCUT2D eigenvalue weighted by molar-refractivity contribution is 8.00. The van der Waals surface area contributed by atoms with Crippen molar-refractivity contribution in [2.24, 2.45) is 11.7 Å². The number of rotatable bonds is 3. The van der Waals surface area contributed by atoms with Crippen molar-refractivity contribution in [1.82, 2.24) is 0 Å². The molecule has 1 atom stereocenters. The maximum absolute atomic E-state index is 12.4. The average Bonchev–Trinajstić information content (AvgIpc) is 2.40. The van der Waals surface area contributed by atoms with Gasteiger partial charge in [-0.1, -0.05) is 19.3 Å². The van der Waals surface area contributed by atoms with E-state index in [1.54, 1.807) is 0 Å². The number of nitrogens with two attached hydrogens (primary N) is 1. The van der Waals surface area contributed by atoms with Gasteiger partial charge < -0.3 is 10.8 Å². The van der Waals surface area contributed by atoms with E-state index in [1.807, 2.05) is 0 Å². The minimum Gasteiger partial charge on any atom is -0.508 e. The Balaban J connectivity index is 0.00000220. The molecular formula is C14H19ClF3NOS. The van der Waals surface area contributed by atoms with Crippen molar-refractivity contribution in [3.63, 3.8) is 0 Å². The molecule has 1 aromatic rings. The number of hydrogen-bond acceptors (Lipinski definition) is 3. The van der Waals surface area contributed by atoms with E-state index in [4.69, 9.17) is 5.73 Å². The average molecular weight is 342 g/mol. The van der Waals surface area contributed by atoms with Gasteiger partial charge in [0.25, 0.3) is 0 Å². The largest absolute Gasteiger partial charge is 0.508 e. The van der Waals surface area contributed by atoms with E-state index in [2.05, 4.69) is 0 Å². The summed E-state index contributed by atoms with van der Waals surface area (Å²) in [5, 5.41) is 9.86. The minimum absolute atomic E-state index is 0. The quantitative estimate of drug-likeness (QED) is 0.760. The molecule has 1 aliphatic carbocycles. The molecule has 7 heteroatoms. The molecule has 0 aliphatic heterocycles. The number of hydrogen-bond donors (Lipinski definition) is 2. The van der Waals surface area contributed by atoms with E-state index in [1.165, 1.54) is 24.6 Å². The molecule has 0 aromatic heterocycles. The predicted molar refractivity (Wildman–Crippen MR) is 80.8 cm³/mol. The number of halogens is 4. The van der Waals surface area contributed by atoms with Crippen LogP contribution in [0.15, 0.2) is 23.1 Å². The molecule has 2 rings (SSSR count). The van der Waals surface area contributed by atoms with Crippen LogP contribution in [0.1, 0.15) is 43.7 Å². The highest BCUT2D eigenvalue weighted by Crippen LogP contribution is 2.41. The highest BCUT2D eigenvalue weighted by Gasteiger charge is 2.30. The van der Waals surface area contributed by atoms with Crippen LogP contribution in [0.4, 0.5) is 13.2 Å². The van der Waals surface area contributed by atoms with Crippen LogP contribution in [0.5, 0.6) is 5.75 Å². The van der Waals surface area contributed by atoms with Crippen LogP contribution in [0.25, 0.3) is 0 Å². The van der Waals surface area contributed by atoms with Crippen molar-refractivity contribution in [3.05, 3.63) is 23.8 Å². The summed E-state index contributed by atoms with van der Waals surface area (Å²) in [7, 11) is 0. The summed E-state index contributed by atoms with van der Waals surface area (Å²) in [6, 6.07) is 3.53. The van der Waals surface area contributed by atoms with E-state index >= 15 is 0 Å². The van der Waals surface area contributed by atoms with Gasteiger partial charge in [0.1, 0.15) is 5.75 Å². The van der Waals surface area contributed by atoms with Gasteiger partial charge >= 0.3 is 5.51 Å². The minimum atomic E-state index is -4.33. The van der Waals surface area contributed by atoms with Gasteiger partial charge in [0.15, 0.2) is 0 Å². The molecular weight excluding hydrogens is 323 g/mol. The Labute approximate surface area is 132 Å². The Bertz CT molecular complexity index is 464. The van der Waals surface area contributed by atoms with Gasteiger partial charge in [0.05, 0.1) is 0 Å². The maximum Gasteiger partial charge on any atom is 0.446 e. The summed E-state index contributed by atoms with van der Waals surface area (Å²) >= 11 is -0.179. The number of phenolic OH excluding ortho intramolecular Hbond substituents is 1. The number of aromatic hydroxyl groups is 1. The fourth-order valence-corrected chi connectivity index (χ4v) is 3.33. The molecule has 120 valence electrons. The summed E-state index contributed by atoms with van der Waals surface area (Å²) in [5.74, 6) is 0.218. The predicted octanol–water partition coefficient (Wildman–Crippen LogP) is 5.01. The number of alkyl halides is 3. The zero-order chi connectivity index (χ0) is 14.8. The topological polar surface area (TPSA) is 46.2 Å². The Morgan fingerprint density at radius 1 is 1.19 bits per heavy atom. The molecule has 0 radical (unpaired) electrons. The first kappa shape index (κ1) is 18.5. The molecule has 0 bridgehead atoms. The third-order valence-electron chi connectivity index (χ3n) is 3.75. The highest BCUT2D eigenvalue weighted by atomic mass is 35.5. The summed E-state index contributed by atoms with van der Waals surface area (Å²) in [4.78, 5) is 0.0663. The van der Waals surface area contributed by atoms with Crippen molar-refractivity contribution in [1.29, 1.82) is 0 Å². The van der Waals surface area contributed by atoms with Gasteiger partial charge in [-0.25, -0.2) is 0 Å². The van der Waals surface area contributed by atoms with Crippen molar-refractivity contribution in [3.8, 4) is 5.75 Å². The molecule has 1 aliphatic rings. The molecule has 0 heterocycles. The summed E-state index contributed by atoms with van der Waals surface area (Å²) < 4.78 is 37.2. The van der Waals surface area contributed by atoms with Crippen LogP contribution < -0.4 is 5.73 Å². The summed E-state index contributed by atoms with van der Waals surface area (Å²) in [5.41, 5.74) is 2.24. The normalized spacial score (nSPS) is 18.1. The fraction of sp³-hybridized carbons (Fsp3) is 0.571. The van der Waals surface area contributed by atoms with Crippen molar-refractivity contribution >= 4 is 24.2 Å². The van der Waals surface area contributed by atoms with E-state index in [-0.39, 0.29) is 40.7 Å². The molecule has 1 aromatic carbocycles. The number of thioether (sulfide) groups is 1. The van der Waals surface area contributed by atoms with Gasteiger partial charge in [0.2, 0.25) is 0 Å². The molecule has 21 heavy (non-hydrogen) atoms. The van der Waals surface area contributed by atoms with E-state index in [0.717, 1.165) is 25.7 Å². The first-order valence-electron chi connectivity index (χ1n) is 6.71. The van der Waals surface area contributed by atoms with Gasteiger partial charge in [-0.15, -0.1) is 12.4 Å². The summed E-state index contributed by atoms with van der Waals surface area (Å²) in [6.45, 7) is 0. The molecule has 1 fully saturated rings. The van der Waals surface area contributed by atoms with Crippen molar-refractivity contribution in [2.45, 2.75) is 48.5 Å². The van der Waals surface area contributed by atoms with Gasteiger partial charge in [-0.3, -0.25) is 0 Å². The Hall–Kier alpha value is -0.590. The fourth-order valence-electron chi connectivity index (χ4n) is 2.74. The third kappa shape index (κ3) is 5.27. The maximum atomic E-state index is 12.4. The Morgan fingerprint density at radius 3 is 2.38 bits per heavy atom. The van der Waals surface area contributed by atoms with E-state index in [9.17, 15) is 18.3 Å². The smallest absolute Gasteiger partial charge is 0.446 e.